The second-order valence-electron chi connectivity index (χ2n) is 5.35. The average Bonchev–Trinajstić information content (AvgIpc) is 2.87. The second-order valence-corrected chi connectivity index (χ2v) is 5.35. The maximum absolute atomic E-state index is 11.9. The lowest BCUT2D eigenvalue weighted by molar-refractivity contribution is -0.127. The number of nitrogens with zero attached hydrogens (tertiary/aromatic N) is 2. The van der Waals surface area contributed by atoms with E-state index in [0.29, 0.717) is 5.71 Å². The molecule has 0 bridgehead atoms. The third-order valence-corrected chi connectivity index (χ3v) is 3.77. The molecule has 0 aromatic heterocycles. The van der Waals surface area contributed by atoms with Crippen molar-refractivity contribution in [3.8, 4) is 0 Å². The molecule has 23 heavy (non-hydrogen) atoms. The molecule has 0 saturated carbocycles. The molecule has 3 rings (SSSR count). The molecule has 116 valence electrons. The van der Waals surface area contributed by atoms with Crippen LogP contribution in [0, 0.1) is 5.92 Å². The van der Waals surface area contributed by atoms with Crippen molar-refractivity contribution in [2.75, 3.05) is 0 Å². The first-order valence-corrected chi connectivity index (χ1v) is 7.29. The molecule has 1 atom stereocenters. The third-order valence-electron chi connectivity index (χ3n) is 3.77. The Morgan fingerprint density at radius 1 is 1.30 bits per heavy atom. The molecule has 2 aromatic carbocycles. The summed E-state index contributed by atoms with van der Waals surface area (Å²) < 4.78 is 0. The van der Waals surface area contributed by atoms with E-state index in [2.05, 4.69) is 21.1 Å². The SMILES string of the molecule is CC1=NNC(=O)C1CC(=O)N/N=C/c1cccc2ccccc12. The van der Waals surface area contributed by atoms with E-state index in [1.54, 1.807) is 13.1 Å². The van der Waals surface area contributed by atoms with Gasteiger partial charge in [0.25, 0.3) is 0 Å². The molecule has 2 aromatic rings. The number of hydrazone groups is 2. The summed E-state index contributed by atoms with van der Waals surface area (Å²) in [5.41, 5.74) is 6.35. The van der Waals surface area contributed by atoms with Crippen LogP contribution in [-0.4, -0.2) is 23.7 Å². The summed E-state index contributed by atoms with van der Waals surface area (Å²) in [6, 6.07) is 13.8. The Balaban J connectivity index is 1.65. The van der Waals surface area contributed by atoms with Gasteiger partial charge in [0.1, 0.15) is 0 Å². The molecule has 6 nitrogen and oxygen atoms in total. The van der Waals surface area contributed by atoms with Crippen LogP contribution in [0.4, 0.5) is 0 Å². The van der Waals surface area contributed by atoms with Crippen molar-refractivity contribution in [1.82, 2.24) is 10.9 Å². The first-order chi connectivity index (χ1) is 11.1. The van der Waals surface area contributed by atoms with Gasteiger partial charge >= 0.3 is 0 Å². The summed E-state index contributed by atoms with van der Waals surface area (Å²) in [6.07, 6.45) is 1.64. The average molecular weight is 308 g/mol. The highest BCUT2D eigenvalue weighted by Gasteiger charge is 2.28. The van der Waals surface area contributed by atoms with Gasteiger partial charge in [-0.25, -0.2) is 10.9 Å². The Kier molecular flexibility index (Phi) is 4.14. The highest BCUT2D eigenvalue weighted by Crippen LogP contribution is 2.16. The summed E-state index contributed by atoms with van der Waals surface area (Å²) in [4.78, 5) is 23.4. The zero-order chi connectivity index (χ0) is 16.2. The van der Waals surface area contributed by atoms with Crippen molar-refractivity contribution in [3.05, 3.63) is 48.0 Å². The van der Waals surface area contributed by atoms with Crippen LogP contribution in [-0.2, 0) is 9.59 Å². The molecular formula is C17H16N4O2. The lowest BCUT2D eigenvalue weighted by Crippen LogP contribution is -2.29. The highest BCUT2D eigenvalue weighted by molar-refractivity contribution is 6.09. The predicted molar refractivity (Wildman–Crippen MR) is 89.0 cm³/mol. The Morgan fingerprint density at radius 3 is 2.87 bits per heavy atom. The number of hydrogen-bond donors (Lipinski definition) is 2. The van der Waals surface area contributed by atoms with Crippen molar-refractivity contribution in [1.29, 1.82) is 0 Å². The van der Waals surface area contributed by atoms with Gasteiger partial charge in [-0.1, -0.05) is 42.5 Å². The molecule has 0 spiro atoms. The molecule has 1 aliphatic heterocycles. The number of nitrogens with one attached hydrogen (secondary N) is 2. The number of amides is 2. The quantitative estimate of drug-likeness (QED) is 0.667. The molecule has 2 amide bonds. The van der Waals surface area contributed by atoms with Gasteiger partial charge < -0.3 is 0 Å². The number of carbonyl (C=O) groups excluding carboxylic acids is 2. The number of rotatable bonds is 4. The zero-order valence-electron chi connectivity index (χ0n) is 12.6. The van der Waals surface area contributed by atoms with Crippen LogP contribution in [0.3, 0.4) is 0 Å². The Hall–Kier alpha value is -3.02. The Morgan fingerprint density at radius 2 is 2.09 bits per heavy atom. The number of carbonyl (C=O) groups is 2. The van der Waals surface area contributed by atoms with Crippen LogP contribution in [0.1, 0.15) is 18.9 Å². The van der Waals surface area contributed by atoms with Crippen LogP contribution in [0.15, 0.2) is 52.7 Å². The molecule has 0 radical (unpaired) electrons. The summed E-state index contributed by atoms with van der Waals surface area (Å²) in [5.74, 6) is -1.09. The first-order valence-electron chi connectivity index (χ1n) is 7.29. The summed E-state index contributed by atoms with van der Waals surface area (Å²) in [7, 11) is 0. The Labute approximate surface area is 133 Å². The van der Waals surface area contributed by atoms with Crippen molar-refractivity contribution in [2.45, 2.75) is 13.3 Å². The van der Waals surface area contributed by atoms with E-state index in [4.69, 9.17) is 0 Å². The minimum absolute atomic E-state index is 0.0358. The Bertz CT molecular complexity index is 821. The van der Waals surface area contributed by atoms with Gasteiger partial charge in [-0.3, -0.25) is 9.59 Å². The van der Waals surface area contributed by atoms with Crippen molar-refractivity contribution in [2.24, 2.45) is 16.1 Å². The third kappa shape index (κ3) is 3.26. The standard InChI is InChI=1S/C17H16N4O2/c1-11-15(17(23)21-19-11)9-16(22)20-18-10-13-7-4-6-12-5-2-3-8-14(12)13/h2-8,10,15H,9H2,1H3,(H,20,22)(H,21,23)/b18-10+. The van der Waals surface area contributed by atoms with E-state index < -0.39 is 5.92 Å². The number of benzene rings is 2. The summed E-state index contributed by atoms with van der Waals surface area (Å²) in [6.45, 7) is 1.72. The molecule has 1 aliphatic rings. The first kappa shape index (κ1) is 14.9. The molecule has 1 unspecified atom stereocenters. The molecule has 0 fully saturated rings. The number of hydrogen-bond acceptors (Lipinski definition) is 4. The van der Waals surface area contributed by atoms with Gasteiger partial charge in [-0.2, -0.15) is 10.2 Å². The van der Waals surface area contributed by atoms with E-state index >= 15 is 0 Å². The maximum atomic E-state index is 11.9. The smallest absolute Gasteiger partial charge is 0.249 e. The van der Waals surface area contributed by atoms with E-state index in [-0.39, 0.29) is 18.2 Å². The highest BCUT2D eigenvalue weighted by atomic mass is 16.2. The fourth-order valence-electron chi connectivity index (χ4n) is 2.50. The van der Waals surface area contributed by atoms with Gasteiger partial charge in [0.05, 0.1) is 12.1 Å². The molecule has 0 saturated heterocycles. The van der Waals surface area contributed by atoms with Gasteiger partial charge in [0, 0.05) is 17.7 Å². The maximum Gasteiger partial charge on any atom is 0.249 e. The van der Waals surface area contributed by atoms with E-state index in [9.17, 15) is 9.59 Å². The second kappa shape index (κ2) is 6.39. The predicted octanol–water partition coefficient (Wildman–Crippen LogP) is 1.80. The van der Waals surface area contributed by atoms with Crippen molar-refractivity contribution in [3.63, 3.8) is 0 Å². The lowest BCUT2D eigenvalue weighted by Gasteiger charge is -2.06. The fourth-order valence-corrected chi connectivity index (χ4v) is 2.50. The summed E-state index contributed by atoms with van der Waals surface area (Å²) >= 11 is 0. The number of fused-ring (bicyclic) bond motifs is 1. The van der Waals surface area contributed by atoms with Crippen LogP contribution in [0.5, 0.6) is 0 Å². The van der Waals surface area contributed by atoms with Gasteiger partial charge in [0.2, 0.25) is 11.8 Å². The van der Waals surface area contributed by atoms with Crippen molar-refractivity contribution < 1.29 is 9.59 Å². The van der Waals surface area contributed by atoms with Crippen LogP contribution in [0.2, 0.25) is 0 Å². The topological polar surface area (TPSA) is 82.9 Å². The molecular weight excluding hydrogens is 292 g/mol. The van der Waals surface area contributed by atoms with Gasteiger partial charge in [-0.05, 0) is 17.7 Å². The molecule has 1 heterocycles. The van der Waals surface area contributed by atoms with Crippen LogP contribution < -0.4 is 10.9 Å². The fraction of sp³-hybridized carbons (Fsp3) is 0.176. The molecule has 0 aliphatic carbocycles. The van der Waals surface area contributed by atoms with Gasteiger partial charge in [-0.15, -0.1) is 0 Å². The lowest BCUT2D eigenvalue weighted by atomic mass is 10.0. The minimum atomic E-state index is -0.511. The van der Waals surface area contributed by atoms with Crippen LogP contribution in [0.25, 0.3) is 10.8 Å². The van der Waals surface area contributed by atoms with Crippen molar-refractivity contribution >= 4 is 34.5 Å². The summed E-state index contributed by atoms with van der Waals surface area (Å²) in [5, 5.41) is 9.97. The monoisotopic (exact) mass is 308 g/mol. The van der Waals surface area contributed by atoms with E-state index in [0.717, 1.165) is 16.3 Å². The van der Waals surface area contributed by atoms with E-state index in [1.807, 2.05) is 42.5 Å². The molecule has 2 N–H and O–H groups in total. The van der Waals surface area contributed by atoms with E-state index in [1.165, 1.54) is 0 Å². The van der Waals surface area contributed by atoms with Gasteiger partial charge in [0.15, 0.2) is 0 Å². The van der Waals surface area contributed by atoms with Crippen LogP contribution >= 0.6 is 0 Å². The largest absolute Gasteiger partial charge is 0.273 e. The minimum Gasteiger partial charge on any atom is -0.273 e. The molecule has 6 heteroatoms. The zero-order valence-corrected chi connectivity index (χ0v) is 12.6. The normalized spacial score (nSPS) is 17.3.